The first-order chi connectivity index (χ1) is 6.40. The lowest BCUT2D eigenvalue weighted by Gasteiger charge is -2.17. The summed E-state index contributed by atoms with van der Waals surface area (Å²) in [6, 6.07) is 9.79. The third kappa shape index (κ3) is 0.865. The SMILES string of the molecule is N#CC1Oc2ccccc2[C@@H]2O[C@H]12. The van der Waals surface area contributed by atoms with E-state index in [-0.39, 0.29) is 12.2 Å². The number of benzene rings is 1. The minimum Gasteiger partial charge on any atom is -0.472 e. The second-order valence-corrected chi connectivity index (χ2v) is 3.23. The Hall–Kier alpha value is -1.53. The Morgan fingerprint density at radius 3 is 3.00 bits per heavy atom. The van der Waals surface area contributed by atoms with Crippen molar-refractivity contribution in [3.05, 3.63) is 29.8 Å². The maximum Gasteiger partial charge on any atom is 0.213 e. The highest BCUT2D eigenvalue weighted by atomic mass is 16.6. The fraction of sp³-hybridized carbons (Fsp3) is 0.300. The number of nitriles is 1. The molecule has 0 saturated carbocycles. The average molecular weight is 173 g/mol. The van der Waals surface area contributed by atoms with Crippen molar-refractivity contribution in [3.8, 4) is 11.8 Å². The van der Waals surface area contributed by atoms with Crippen LogP contribution in [0.4, 0.5) is 0 Å². The number of epoxide rings is 1. The van der Waals surface area contributed by atoms with Gasteiger partial charge in [0.25, 0.3) is 0 Å². The van der Waals surface area contributed by atoms with Crippen molar-refractivity contribution in [2.45, 2.75) is 18.3 Å². The Morgan fingerprint density at radius 2 is 2.15 bits per heavy atom. The highest BCUT2D eigenvalue weighted by Crippen LogP contribution is 2.49. The molecule has 0 aliphatic carbocycles. The Morgan fingerprint density at radius 1 is 1.31 bits per heavy atom. The molecule has 0 amide bonds. The Kier molecular flexibility index (Phi) is 1.19. The van der Waals surface area contributed by atoms with Crippen LogP contribution >= 0.6 is 0 Å². The zero-order valence-corrected chi connectivity index (χ0v) is 6.81. The second kappa shape index (κ2) is 2.24. The Bertz CT molecular complexity index is 396. The van der Waals surface area contributed by atoms with E-state index in [9.17, 15) is 0 Å². The number of nitrogens with zero attached hydrogens (tertiary/aromatic N) is 1. The molecule has 1 aromatic carbocycles. The van der Waals surface area contributed by atoms with Crippen molar-refractivity contribution >= 4 is 0 Å². The van der Waals surface area contributed by atoms with Gasteiger partial charge in [-0.05, 0) is 6.07 Å². The number of fused-ring (bicyclic) bond motifs is 3. The van der Waals surface area contributed by atoms with Crippen molar-refractivity contribution in [2.24, 2.45) is 0 Å². The molecule has 1 fully saturated rings. The van der Waals surface area contributed by atoms with Gasteiger partial charge >= 0.3 is 0 Å². The summed E-state index contributed by atoms with van der Waals surface area (Å²) in [4.78, 5) is 0. The number of rotatable bonds is 0. The molecule has 0 spiro atoms. The minimum atomic E-state index is -0.431. The van der Waals surface area contributed by atoms with E-state index in [1.807, 2.05) is 24.3 Å². The predicted molar refractivity (Wildman–Crippen MR) is 44.1 cm³/mol. The van der Waals surface area contributed by atoms with Crippen LogP contribution < -0.4 is 4.74 Å². The molecule has 0 aromatic heterocycles. The molecule has 3 heteroatoms. The first kappa shape index (κ1) is 6.93. The number of hydrogen-bond acceptors (Lipinski definition) is 3. The van der Waals surface area contributed by atoms with E-state index in [4.69, 9.17) is 14.7 Å². The van der Waals surface area contributed by atoms with E-state index >= 15 is 0 Å². The van der Waals surface area contributed by atoms with E-state index in [0.717, 1.165) is 11.3 Å². The summed E-state index contributed by atoms with van der Waals surface area (Å²) in [6.45, 7) is 0. The molecule has 0 bridgehead atoms. The molecule has 3 nitrogen and oxygen atoms in total. The summed E-state index contributed by atoms with van der Waals surface area (Å²) in [5, 5.41) is 8.76. The van der Waals surface area contributed by atoms with Crippen molar-refractivity contribution in [1.29, 1.82) is 5.26 Å². The molecule has 1 unspecified atom stereocenters. The molecular formula is C10H7NO2. The lowest BCUT2D eigenvalue weighted by atomic mass is 10.0. The van der Waals surface area contributed by atoms with Crippen LogP contribution in [-0.2, 0) is 4.74 Å². The highest BCUT2D eigenvalue weighted by Gasteiger charge is 2.52. The molecule has 64 valence electrons. The summed E-state index contributed by atoms with van der Waals surface area (Å²) in [7, 11) is 0. The summed E-state index contributed by atoms with van der Waals surface area (Å²) < 4.78 is 10.8. The van der Waals surface area contributed by atoms with Gasteiger partial charge in [0.15, 0.2) is 0 Å². The van der Waals surface area contributed by atoms with Crippen LogP contribution in [0.5, 0.6) is 5.75 Å². The molecule has 13 heavy (non-hydrogen) atoms. The summed E-state index contributed by atoms with van der Waals surface area (Å²) in [5.41, 5.74) is 1.07. The predicted octanol–water partition coefficient (Wildman–Crippen LogP) is 1.41. The minimum absolute atomic E-state index is 0.0418. The number of hydrogen-bond donors (Lipinski definition) is 0. The fourth-order valence-corrected chi connectivity index (χ4v) is 1.73. The molecule has 2 aliphatic heterocycles. The molecule has 1 saturated heterocycles. The van der Waals surface area contributed by atoms with E-state index in [1.54, 1.807) is 0 Å². The van der Waals surface area contributed by atoms with Crippen LogP contribution in [0.1, 0.15) is 11.7 Å². The lowest BCUT2D eigenvalue weighted by Crippen LogP contribution is -2.25. The van der Waals surface area contributed by atoms with Crippen molar-refractivity contribution in [3.63, 3.8) is 0 Å². The quantitative estimate of drug-likeness (QED) is 0.557. The molecule has 3 rings (SSSR count). The first-order valence-electron chi connectivity index (χ1n) is 4.21. The molecule has 0 radical (unpaired) electrons. The smallest absolute Gasteiger partial charge is 0.213 e. The maximum atomic E-state index is 8.76. The van der Waals surface area contributed by atoms with Gasteiger partial charge in [0.1, 0.15) is 24.0 Å². The van der Waals surface area contributed by atoms with E-state index in [2.05, 4.69) is 6.07 Å². The van der Waals surface area contributed by atoms with Crippen LogP contribution in [0.3, 0.4) is 0 Å². The normalized spacial score (nSPS) is 33.6. The van der Waals surface area contributed by atoms with Crippen LogP contribution in [0.2, 0.25) is 0 Å². The highest BCUT2D eigenvalue weighted by molar-refractivity contribution is 5.41. The third-order valence-corrected chi connectivity index (χ3v) is 2.43. The van der Waals surface area contributed by atoms with Gasteiger partial charge in [0.2, 0.25) is 6.10 Å². The topological polar surface area (TPSA) is 45.5 Å². The Labute approximate surface area is 75.5 Å². The number of para-hydroxylation sites is 1. The monoisotopic (exact) mass is 173 g/mol. The summed E-state index contributed by atoms with van der Waals surface area (Å²) in [6.07, 6.45) is -0.380. The van der Waals surface area contributed by atoms with Crippen molar-refractivity contribution < 1.29 is 9.47 Å². The van der Waals surface area contributed by atoms with Gasteiger partial charge in [-0.25, -0.2) is 0 Å². The van der Waals surface area contributed by atoms with Gasteiger partial charge in [0.05, 0.1) is 0 Å². The van der Waals surface area contributed by atoms with Crippen molar-refractivity contribution in [1.82, 2.24) is 0 Å². The van der Waals surface area contributed by atoms with E-state index in [1.165, 1.54) is 0 Å². The average Bonchev–Trinajstić information content (AvgIpc) is 2.96. The van der Waals surface area contributed by atoms with Gasteiger partial charge in [-0.15, -0.1) is 0 Å². The van der Waals surface area contributed by atoms with Crippen LogP contribution in [-0.4, -0.2) is 12.2 Å². The zero-order valence-electron chi connectivity index (χ0n) is 6.81. The van der Waals surface area contributed by atoms with Crippen LogP contribution in [0, 0.1) is 11.3 Å². The number of ether oxygens (including phenoxy) is 2. The molecule has 2 aliphatic rings. The van der Waals surface area contributed by atoms with Crippen molar-refractivity contribution in [2.75, 3.05) is 0 Å². The third-order valence-electron chi connectivity index (χ3n) is 2.43. The molecular weight excluding hydrogens is 166 g/mol. The Balaban J connectivity index is 2.07. The molecule has 2 heterocycles. The zero-order chi connectivity index (χ0) is 8.84. The van der Waals surface area contributed by atoms with Gasteiger partial charge in [-0.1, -0.05) is 18.2 Å². The van der Waals surface area contributed by atoms with Gasteiger partial charge < -0.3 is 9.47 Å². The standard InChI is InChI=1S/C10H7NO2/c11-5-8-10-9(13-10)6-3-1-2-4-7(6)12-8/h1-4,8-10H/t8?,9-,10+/m0/s1. The van der Waals surface area contributed by atoms with E-state index < -0.39 is 6.10 Å². The fourth-order valence-electron chi connectivity index (χ4n) is 1.73. The lowest BCUT2D eigenvalue weighted by molar-refractivity contribution is 0.208. The maximum absolute atomic E-state index is 8.76. The molecule has 1 aromatic rings. The molecule has 3 atom stereocenters. The first-order valence-corrected chi connectivity index (χ1v) is 4.21. The van der Waals surface area contributed by atoms with Gasteiger partial charge in [-0.3, -0.25) is 0 Å². The largest absolute Gasteiger partial charge is 0.472 e. The van der Waals surface area contributed by atoms with Crippen LogP contribution in [0.15, 0.2) is 24.3 Å². The van der Waals surface area contributed by atoms with Gasteiger partial charge in [-0.2, -0.15) is 5.26 Å². The van der Waals surface area contributed by atoms with Crippen LogP contribution in [0.25, 0.3) is 0 Å². The van der Waals surface area contributed by atoms with Gasteiger partial charge in [0, 0.05) is 5.56 Å². The van der Waals surface area contributed by atoms with E-state index in [0.29, 0.717) is 0 Å². The second-order valence-electron chi connectivity index (χ2n) is 3.23. The molecule has 0 N–H and O–H groups in total. The summed E-state index contributed by atoms with van der Waals surface area (Å²) in [5.74, 6) is 0.785. The summed E-state index contributed by atoms with van der Waals surface area (Å²) >= 11 is 0.